The maximum atomic E-state index is 13.2. The molecule has 0 aliphatic heterocycles. The molecular formula is C9H7BrClF. The summed E-state index contributed by atoms with van der Waals surface area (Å²) in [6.45, 7) is 0. The van der Waals surface area contributed by atoms with Crippen LogP contribution in [0.1, 0.15) is 17.9 Å². The Morgan fingerprint density at radius 2 is 2.17 bits per heavy atom. The van der Waals surface area contributed by atoms with Gasteiger partial charge < -0.3 is 0 Å². The Labute approximate surface area is 83.9 Å². The van der Waals surface area contributed by atoms with E-state index in [2.05, 4.69) is 15.9 Å². The minimum Gasteiger partial charge on any atom is -0.207 e. The maximum Gasteiger partial charge on any atom is 0.127 e. The van der Waals surface area contributed by atoms with E-state index in [1.165, 1.54) is 6.07 Å². The average Bonchev–Trinajstić information content (AvgIpc) is 2.66. The molecule has 0 nitrogen and oxygen atoms in total. The molecule has 1 aliphatic carbocycles. The maximum absolute atomic E-state index is 13.2. The van der Waals surface area contributed by atoms with Crippen molar-refractivity contribution in [2.24, 2.45) is 0 Å². The number of rotatable bonds is 1. The summed E-state index contributed by atoms with van der Waals surface area (Å²) >= 11 is 9.03. The van der Waals surface area contributed by atoms with Crippen molar-refractivity contribution in [3.63, 3.8) is 0 Å². The van der Waals surface area contributed by atoms with Crippen molar-refractivity contribution in [1.82, 2.24) is 0 Å². The van der Waals surface area contributed by atoms with Crippen LogP contribution in [-0.2, 0) is 0 Å². The van der Waals surface area contributed by atoms with Crippen LogP contribution in [0.2, 0.25) is 0 Å². The lowest BCUT2D eigenvalue weighted by molar-refractivity contribution is 0.610. The zero-order chi connectivity index (χ0) is 8.72. The van der Waals surface area contributed by atoms with E-state index in [-0.39, 0.29) is 17.1 Å². The lowest BCUT2D eigenvalue weighted by Gasteiger charge is -2.00. The fourth-order valence-corrected chi connectivity index (χ4v) is 1.95. The SMILES string of the molecule is Fc1cc(Br)ccc1C1CC1Cl. The molecule has 0 bridgehead atoms. The van der Waals surface area contributed by atoms with Gasteiger partial charge in [0.25, 0.3) is 0 Å². The lowest BCUT2D eigenvalue weighted by Crippen LogP contribution is -1.88. The molecule has 3 heteroatoms. The fourth-order valence-electron chi connectivity index (χ4n) is 1.29. The largest absolute Gasteiger partial charge is 0.207 e. The van der Waals surface area contributed by atoms with Crippen LogP contribution in [0.3, 0.4) is 0 Å². The Kier molecular flexibility index (Phi) is 2.13. The van der Waals surface area contributed by atoms with Crippen molar-refractivity contribution in [1.29, 1.82) is 0 Å². The molecule has 64 valence electrons. The highest BCUT2D eigenvalue weighted by atomic mass is 79.9. The Hall–Kier alpha value is -0.0800. The van der Waals surface area contributed by atoms with E-state index < -0.39 is 0 Å². The molecule has 1 aromatic rings. The number of hydrogen-bond acceptors (Lipinski definition) is 0. The van der Waals surface area contributed by atoms with Gasteiger partial charge in [0.1, 0.15) is 5.82 Å². The topological polar surface area (TPSA) is 0 Å². The second-order valence-corrected chi connectivity index (χ2v) is 4.50. The van der Waals surface area contributed by atoms with E-state index in [0.717, 1.165) is 16.5 Å². The van der Waals surface area contributed by atoms with Crippen molar-refractivity contribution in [2.45, 2.75) is 17.7 Å². The van der Waals surface area contributed by atoms with E-state index in [9.17, 15) is 4.39 Å². The summed E-state index contributed by atoms with van der Waals surface area (Å²) in [5.41, 5.74) is 0.748. The highest BCUT2D eigenvalue weighted by molar-refractivity contribution is 9.10. The van der Waals surface area contributed by atoms with Gasteiger partial charge in [0.2, 0.25) is 0 Å². The van der Waals surface area contributed by atoms with E-state index in [0.29, 0.717) is 0 Å². The first-order valence-electron chi connectivity index (χ1n) is 3.77. The van der Waals surface area contributed by atoms with Crippen LogP contribution in [-0.4, -0.2) is 5.38 Å². The molecule has 0 radical (unpaired) electrons. The van der Waals surface area contributed by atoms with Crippen LogP contribution >= 0.6 is 27.5 Å². The van der Waals surface area contributed by atoms with Crippen LogP contribution in [0, 0.1) is 5.82 Å². The highest BCUT2D eigenvalue weighted by Gasteiger charge is 2.38. The molecule has 1 aromatic carbocycles. The molecule has 0 heterocycles. The standard InChI is InChI=1S/C9H7BrClF/c10-5-1-2-6(9(12)3-5)7-4-8(7)11/h1-3,7-8H,4H2. The number of hydrogen-bond donors (Lipinski definition) is 0. The zero-order valence-electron chi connectivity index (χ0n) is 6.23. The van der Waals surface area contributed by atoms with Gasteiger partial charge in [0.05, 0.1) is 0 Å². The fraction of sp³-hybridized carbons (Fsp3) is 0.333. The molecule has 0 amide bonds. The van der Waals surface area contributed by atoms with Crippen molar-refractivity contribution < 1.29 is 4.39 Å². The van der Waals surface area contributed by atoms with Crippen LogP contribution in [0.4, 0.5) is 4.39 Å². The summed E-state index contributed by atoms with van der Waals surface area (Å²) in [5, 5.41) is 0.140. The van der Waals surface area contributed by atoms with Crippen molar-refractivity contribution in [3.05, 3.63) is 34.1 Å². The van der Waals surface area contributed by atoms with Gasteiger partial charge >= 0.3 is 0 Å². The highest BCUT2D eigenvalue weighted by Crippen LogP contribution is 2.46. The smallest absolute Gasteiger partial charge is 0.127 e. The number of halogens is 3. The van der Waals surface area contributed by atoms with E-state index in [1.54, 1.807) is 6.07 Å². The Balaban J connectivity index is 2.33. The van der Waals surface area contributed by atoms with Crippen molar-refractivity contribution in [2.75, 3.05) is 0 Å². The van der Waals surface area contributed by atoms with Gasteiger partial charge in [-0.2, -0.15) is 0 Å². The summed E-state index contributed by atoms with van der Waals surface area (Å²) in [6.07, 6.45) is 0.903. The first-order chi connectivity index (χ1) is 5.68. The predicted molar refractivity (Wildman–Crippen MR) is 51.1 cm³/mol. The van der Waals surface area contributed by atoms with Crippen molar-refractivity contribution >= 4 is 27.5 Å². The Bertz CT molecular complexity index is 313. The second kappa shape index (κ2) is 3.00. The number of benzene rings is 1. The van der Waals surface area contributed by atoms with Crippen molar-refractivity contribution in [3.8, 4) is 0 Å². The van der Waals surface area contributed by atoms with Gasteiger partial charge in [-0.15, -0.1) is 11.6 Å². The molecule has 0 aromatic heterocycles. The molecule has 0 N–H and O–H groups in total. The molecule has 0 saturated heterocycles. The second-order valence-electron chi connectivity index (χ2n) is 3.02. The minimum absolute atomic E-state index is 0.140. The third-order valence-electron chi connectivity index (χ3n) is 2.07. The molecular weight excluding hydrogens is 242 g/mol. The summed E-state index contributed by atoms with van der Waals surface area (Å²) in [4.78, 5) is 0. The molecule has 1 aliphatic rings. The van der Waals surface area contributed by atoms with Crippen LogP contribution in [0.25, 0.3) is 0 Å². The molecule has 2 rings (SSSR count). The van der Waals surface area contributed by atoms with Crippen LogP contribution < -0.4 is 0 Å². The summed E-state index contributed by atoms with van der Waals surface area (Å²) in [6, 6.07) is 5.13. The molecule has 1 fully saturated rings. The third kappa shape index (κ3) is 1.50. The first kappa shape index (κ1) is 8.52. The van der Waals surface area contributed by atoms with E-state index in [4.69, 9.17) is 11.6 Å². The molecule has 1 saturated carbocycles. The number of alkyl halides is 1. The van der Waals surface area contributed by atoms with Gasteiger partial charge in [0.15, 0.2) is 0 Å². The molecule has 0 spiro atoms. The third-order valence-corrected chi connectivity index (χ3v) is 3.05. The minimum atomic E-state index is -0.155. The summed E-state index contributed by atoms with van der Waals surface area (Å²) in [5.74, 6) is 0.0808. The van der Waals surface area contributed by atoms with Gasteiger partial charge in [-0.25, -0.2) is 4.39 Å². The predicted octanol–water partition coefficient (Wildman–Crippen LogP) is 3.68. The average molecular weight is 250 g/mol. The van der Waals surface area contributed by atoms with Gasteiger partial charge in [0, 0.05) is 15.8 Å². The van der Waals surface area contributed by atoms with Crippen LogP contribution in [0.5, 0.6) is 0 Å². The Morgan fingerprint density at radius 1 is 1.50 bits per heavy atom. The van der Waals surface area contributed by atoms with Crippen LogP contribution in [0.15, 0.2) is 22.7 Å². The summed E-state index contributed by atoms with van der Waals surface area (Å²) in [7, 11) is 0. The molecule has 2 atom stereocenters. The van der Waals surface area contributed by atoms with E-state index in [1.807, 2.05) is 6.07 Å². The van der Waals surface area contributed by atoms with E-state index >= 15 is 0 Å². The summed E-state index contributed by atoms with van der Waals surface area (Å²) < 4.78 is 14.0. The molecule has 2 unspecified atom stereocenters. The van der Waals surface area contributed by atoms with Gasteiger partial charge in [-0.05, 0) is 24.1 Å². The first-order valence-corrected chi connectivity index (χ1v) is 5.00. The monoisotopic (exact) mass is 248 g/mol. The quantitative estimate of drug-likeness (QED) is 0.666. The zero-order valence-corrected chi connectivity index (χ0v) is 8.57. The van der Waals surface area contributed by atoms with Gasteiger partial charge in [-0.3, -0.25) is 0 Å². The lowest BCUT2D eigenvalue weighted by atomic mass is 10.1. The Morgan fingerprint density at radius 3 is 2.67 bits per heavy atom. The molecule has 12 heavy (non-hydrogen) atoms. The normalized spacial score (nSPS) is 27.2. The van der Waals surface area contributed by atoms with Gasteiger partial charge in [-0.1, -0.05) is 22.0 Å².